The van der Waals surface area contributed by atoms with E-state index in [0.717, 1.165) is 22.3 Å². The van der Waals surface area contributed by atoms with E-state index in [1.54, 1.807) is 13.2 Å². The van der Waals surface area contributed by atoms with Gasteiger partial charge in [-0.1, -0.05) is 12.1 Å². The highest BCUT2D eigenvalue weighted by atomic mass is 32.1. The molecule has 0 aliphatic rings. The lowest BCUT2D eigenvalue weighted by Gasteiger charge is -2.09. The first-order chi connectivity index (χ1) is 9.61. The highest BCUT2D eigenvalue weighted by molar-refractivity contribution is 7.71. The third kappa shape index (κ3) is 1.91. The van der Waals surface area contributed by atoms with E-state index < -0.39 is 0 Å². The minimum Gasteiger partial charge on any atom is -0.494 e. The molecule has 0 atom stereocenters. The predicted molar refractivity (Wildman–Crippen MR) is 79.7 cm³/mol. The van der Waals surface area contributed by atoms with Crippen molar-refractivity contribution >= 4 is 23.3 Å². The number of nitrogens with one attached hydrogen (secondary N) is 1. The van der Waals surface area contributed by atoms with Crippen LogP contribution in [0.3, 0.4) is 0 Å². The van der Waals surface area contributed by atoms with E-state index in [-0.39, 0.29) is 5.82 Å². The maximum atomic E-state index is 13.5. The maximum Gasteiger partial charge on any atom is 0.182 e. The number of H-pyrrole nitrogens is 1. The number of benzene rings is 2. The molecule has 0 saturated heterocycles. The van der Waals surface area contributed by atoms with E-state index in [1.165, 1.54) is 12.1 Å². The molecule has 2 aromatic carbocycles. The minimum absolute atomic E-state index is 0.287. The second-order valence-electron chi connectivity index (χ2n) is 4.55. The summed E-state index contributed by atoms with van der Waals surface area (Å²) in [5, 5.41) is 0. The van der Waals surface area contributed by atoms with Crippen LogP contribution in [0, 0.1) is 17.5 Å². The molecule has 0 aliphatic heterocycles. The normalized spacial score (nSPS) is 10.9. The average Bonchev–Trinajstić information content (AvgIpc) is 2.77. The smallest absolute Gasteiger partial charge is 0.182 e. The lowest BCUT2D eigenvalue weighted by molar-refractivity contribution is 0.419. The molecule has 0 amide bonds. The lowest BCUT2D eigenvalue weighted by atomic mass is 10.2. The molecule has 20 heavy (non-hydrogen) atoms. The van der Waals surface area contributed by atoms with Gasteiger partial charge in [0.1, 0.15) is 17.1 Å². The molecule has 1 heterocycles. The Bertz CT molecular complexity index is 851. The van der Waals surface area contributed by atoms with Gasteiger partial charge in [0.25, 0.3) is 0 Å². The topological polar surface area (TPSA) is 29.9 Å². The van der Waals surface area contributed by atoms with Crippen molar-refractivity contribution < 1.29 is 9.13 Å². The van der Waals surface area contributed by atoms with Crippen molar-refractivity contribution in [1.82, 2.24) is 9.55 Å². The molecule has 0 saturated carbocycles. The Hall–Kier alpha value is -2.14. The Morgan fingerprint density at radius 2 is 2.05 bits per heavy atom. The van der Waals surface area contributed by atoms with Crippen LogP contribution >= 0.6 is 12.2 Å². The molecule has 0 spiro atoms. The third-order valence-corrected chi connectivity index (χ3v) is 3.60. The number of halogens is 1. The Kier molecular flexibility index (Phi) is 3.06. The molecule has 0 bridgehead atoms. The van der Waals surface area contributed by atoms with Gasteiger partial charge < -0.3 is 9.72 Å². The van der Waals surface area contributed by atoms with Crippen LogP contribution in [0.1, 0.15) is 5.56 Å². The van der Waals surface area contributed by atoms with E-state index in [4.69, 9.17) is 17.0 Å². The number of fused-ring (bicyclic) bond motifs is 1. The van der Waals surface area contributed by atoms with Crippen molar-refractivity contribution in [2.24, 2.45) is 0 Å². The molecule has 0 unspecified atom stereocenters. The second-order valence-corrected chi connectivity index (χ2v) is 4.94. The third-order valence-electron chi connectivity index (χ3n) is 3.31. The zero-order valence-corrected chi connectivity index (χ0v) is 11.9. The quantitative estimate of drug-likeness (QED) is 0.718. The number of ether oxygens (including phenoxy) is 1. The van der Waals surface area contributed by atoms with Gasteiger partial charge in [0.05, 0.1) is 18.3 Å². The lowest BCUT2D eigenvalue weighted by Crippen LogP contribution is -1.98. The Labute approximate surface area is 120 Å². The average molecular weight is 288 g/mol. The monoisotopic (exact) mass is 288 g/mol. The zero-order valence-electron chi connectivity index (χ0n) is 11.1. The van der Waals surface area contributed by atoms with Gasteiger partial charge in [0.2, 0.25) is 0 Å². The van der Waals surface area contributed by atoms with Crippen molar-refractivity contribution in [3.63, 3.8) is 0 Å². The molecule has 0 radical (unpaired) electrons. The van der Waals surface area contributed by atoms with Gasteiger partial charge in [-0.05, 0) is 49.0 Å². The van der Waals surface area contributed by atoms with Crippen molar-refractivity contribution in [2.45, 2.75) is 6.92 Å². The summed E-state index contributed by atoms with van der Waals surface area (Å²) in [7, 11) is 1.61. The summed E-state index contributed by atoms with van der Waals surface area (Å²) in [5.74, 6) is 0.422. The van der Waals surface area contributed by atoms with Gasteiger partial charge in [0, 0.05) is 0 Å². The Morgan fingerprint density at radius 1 is 1.25 bits per heavy atom. The zero-order chi connectivity index (χ0) is 14.3. The maximum absolute atomic E-state index is 13.5. The summed E-state index contributed by atoms with van der Waals surface area (Å²) in [6.07, 6.45) is 0. The number of hydrogen-bond donors (Lipinski definition) is 1. The molecule has 3 rings (SSSR count). The molecule has 3 aromatic rings. The highest BCUT2D eigenvalue weighted by Crippen LogP contribution is 2.28. The number of aromatic nitrogens is 2. The number of aryl methyl sites for hydroxylation is 1. The fourth-order valence-corrected chi connectivity index (χ4v) is 2.64. The van der Waals surface area contributed by atoms with Gasteiger partial charge in [-0.25, -0.2) is 4.39 Å². The van der Waals surface area contributed by atoms with Crippen LogP contribution in [0.25, 0.3) is 16.7 Å². The van der Waals surface area contributed by atoms with Crippen LogP contribution in [0.4, 0.5) is 4.39 Å². The highest BCUT2D eigenvalue weighted by Gasteiger charge is 2.12. The molecule has 1 N–H and O–H groups in total. The first-order valence-electron chi connectivity index (χ1n) is 6.16. The number of para-hydroxylation sites is 1. The summed E-state index contributed by atoms with van der Waals surface area (Å²) < 4.78 is 21.2. The van der Waals surface area contributed by atoms with E-state index in [2.05, 4.69) is 4.98 Å². The number of methoxy groups -OCH3 is 1. The van der Waals surface area contributed by atoms with Gasteiger partial charge >= 0.3 is 0 Å². The number of aromatic amines is 1. The minimum atomic E-state index is -0.287. The summed E-state index contributed by atoms with van der Waals surface area (Å²) in [5.41, 5.74) is 3.35. The summed E-state index contributed by atoms with van der Waals surface area (Å²) in [6.45, 7) is 1.93. The van der Waals surface area contributed by atoms with Crippen LogP contribution in [0.15, 0.2) is 36.4 Å². The molecule has 5 heteroatoms. The first-order valence-corrected chi connectivity index (χ1v) is 6.57. The summed E-state index contributed by atoms with van der Waals surface area (Å²) in [6, 6.07) is 10.3. The van der Waals surface area contributed by atoms with E-state index >= 15 is 0 Å². The SMILES string of the molecule is COc1cccc2c1[nH]c(=S)n2-c1cc(F)ccc1C. The van der Waals surface area contributed by atoms with Crippen LogP contribution in [0.5, 0.6) is 5.75 Å². The van der Waals surface area contributed by atoms with E-state index in [1.807, 2.05) is 29.7 Å². The first kappa shape index (κ1) is 12.9. The van der Waals surface area contributed by atoms with Crippen LogP contribution < -0.4 is 4.74 Å². The number of hydrogen-bond acceptors (Lipinski definition) is 2. The number of rotatable bonds is 2. The van der Waals surface area contributed by atoms with Crippen LogP contribution in [-0.4, -0.2) is 16.7 Å². The Morgan fingerprint density at radius 3 is 2.80 bits per heavy atom. The fourth-order valence-electron chi connectivity index (χ4n) is 2.34. The molecule has 1 aromatic heterocycles. The fraction of sp³-hybridized carbons (Fsp3) is 0.133. The van der Waals surface area contributed by atoms with Gasteiger partial charge in [-0.2, -0.15) is 0 Å². The van der Waals surface area contributed by atoms with Gasteiger partial charge in [-0.3, -0.25) is 4.57 Å². The number of nitrogens with zero attached hydrogens (tertiary/aromatic N) is 1. The van der Waals surface area contributed by atoms with E-state index in [0.29, 0.717) is 10.5 Å². The van der Waals surface area contributed by atoms with Gasteiger partial charge in [0.15, 0.2) is 4.77 Å². The molecule has 3 nitrogen and oxygen atoms in total. The van der Waals surface area contributed by atoms with E-state index in [9.17, 15) is 4.39 Å². The standard InChI is InChI=1S/C15H13FN2OS/c1-9-6-7-10(16)8-12(9)18-11-4-3-5-13(19-2)14(11)17-15(18)20/h3-8H,1-2H3,(H,17,20). The van der Waals surface area contributed by atoms with Gasteiger partial charge in [-0.15, -0.1) is 0 Å². The molecule has 0 aliphatic carbocycles. The van der Waals surface area contributed by atoms with Crippen LogP contribution in [-0.2, 0) is 0 Å². The molecule has 102 valence electrons. The second kappa shape index (κ2) is 4.76. The largest absolute Gasteiger partial charge is 0.494 e. The molecular weight excluding hydrogens is 275 g/mol. The summed E-state index contributed by atoms with van der Waals surface area (Å²) in [4.78, 5) is 3.12. The van der Waals surface area contributed by atoms with Crippen molar-refractivity contribution in [3.8, 4) is 11.4 Å². The molecule has 0 fully saturated rings. The van der Waals surface area contributed by atoms with Crippen LogP contribution in [0.2, 0.25) is 0 Å². The Balaban J connectivity index is 2.40. The predicted octanol–water partition coefficient (Wildman–Crippen LogP) is 4.14. The van der Waals surface area contributed by atoms with Crippen molar-refractivity contribution in [3.05, 3.63) is 52.5 Å². The molecular formula is C15H13FN2OS. The van der Waals surface area contributed by atoms with Crippen molar-refractivity contribution in [2.75, 3.05) is 7.11 Å². The number of imidazole rings is 1. The van der Waals surface area contributed by atoms with Crippen molar-refractivity contribution in [1.29, 1.82) is 0 Å². The summed E-state index contributed by atoms with van der Waals surface area (Å²) >= 11 is 5.37.